The van der Waals surface area contributed by atoms with Crippen LogP contribution in [0.1, 0.15) is 28.7 Å². The van der Waals surface area contributed by atoms with E-state index in [4.69, 9.17) is 23.2 Å². The van der Waals surface area contributed by atoms with Gasteiger partial charge in [0.2, 0.25) is 5.91 Å². The Hall–Kier alpha value is -2.55. The largest absolute Gasteiger partial charge is 0.352 e. The standard InChI is InChI=1S/C22H23Cl2N5O2S/c1-3-29-19(9-10-25-21(31)15-7-8-17(23)18(24)12-15)27-28-22(29)32-13-20(30)26-16-6-4-5-14(2)11-16/h4-8,11-12H,3,9-10,13H2,1-2H3,(H,25,31)(H,26,30). The smallest absolute Gasteiger partial charge is 0.251 e. The van der Waals surface area contributed by atoms with Gasteiger partial charge in [-0.3, -0.25) is 9.59 Å². The fourth-order valence-electron chi connectivity index (χ4n) is 3.01. The number of rotatable bonds is 9. The van der Waals surface area contributed by atoms with Crippen molar-refractivity contribution in [2.75, 3.05) is 17.6 Å². The van der Waals surface area contributed by atoms with Gasteiger partial charge in [-0.1, -0.05) is 47.1 Å². The van der Waals surface area contributed by atoms with Crippen LogP contribution in [-0.4, -0.2) is 38.9 Å². The Morgan fingerprint density at radius 2 is 1.91 bits per heavy atom. The first-order valence-electron chi connectivity index (χ1n) is 10.0. The molecule has 0 aliphatic carbocycles. The van der Waals surface area contributed by atoms with Gasteiger partial charge in [-0.25, -0.2) is 0 Å². The molecule has 3 aromatic rings. The van der Waals surface area contributed by atoms with Crippen LogP contribution in [0.5, 0.6) is 0 Å². The van der Waals surface area contributed by atoms with Crippen molar-refractivity contribution in [3.8, 4) is 0 Å². The van der Waals surface area contributed by atoms with Crippen molar-refractivity contribution in [3.63, 3.8) is 0 Å². The van der Waals surface area contributed by atoms with Gasteiger partial charge in [-0.15, -0.1) is 10.2 Å². The minimum atomic E-state index is -0.242. The number of anilines is 1. The van der Waals surface area contributed by atoms with Gasteiger partial charge in [0.1, 0.15) is 5.82 Å². The first-order valence-corrected chi connectivity index (χ1v) is 11.8. The summed E-state index contributed by atoms with van der Waals surface area (Å²) in [7, 11) is 0. The number of thioether (sulfide) groups is 1. The SMILES string of the molecule is CCn1c(CCNC(=O)c2ccc(Cl)c(Cl)c2)nnc1SCC(=O)Nc1cccc(C)c1. The number of amides is 2. The Morgan fingerprint density at radius 1 is 1.09 bits per heavy atom. The number of benzene rings is 2. The molecule has 168 valence electrons. The summed E-state index contributed by atoms with van der Waals surface area (Å²) in [6, 6.07) is 12.4. The molecule has 0 radical (unpaired) electrons. The van der Waals surface area contributed by atoms with E-state index in [1.165, 1.54) is 17.8 Å². The van der Waals surface area contributed by atoms with Crippen molar-refractivity contribution in [2.24, 2.45) is 0 Å². The number of nitrogens with one attached hydrogen (secondary N) is 2. The van der Waals surface area contributed by atoms with Gasteiger partial charge in [0.05, 0.1) is 15.8 Å². The van der Waals surface area contributed by atoms with E-state index in [-0.39, 0.29) is 17.6 Å². The quantitative estimate of drug-likeness (QED) is 0.426. The van der Waals surface area contributed by atoms with Gasteiger partial charge in [0, 0.05) is 30.8 Å². The van der Waals surface area contributed by atoms with Crippen LogP contribution in [0.3, 0.4) is 0 Å². The second-order valence-electron chi connectivity index (χ2n) is 6.98. The minimum Gasteiger partial charge on any atom is -0.352 e. The Labute approximate surface area is 200 Å². The number of hydrogen-bond acceptors (Lipinski definition) is 5. The molecule has 1 heterocycles. The predicted molar refractivity (Wildman–Crippen MR) is 129 cm³/mol. The predicted octanol–water partition coefficient (Wildman–Crippen LogP) is 4.62. The summed E-state index contributed by atoms with van der Waals surface area (Å²) in [4.78, 5) is 24.6. The molecule has 2 N–H and O–H groups in total. The molecular weight excluding hydrogens is 469 g/mol. The number of carbonyl (C=O) groups excluding carboxylic acids is 2. The molecule has 10 heteroatoms. The molecule has 7 nitrogen and oxygen atoms in total. The van der Waals surface area contributed by atoms with E-state index < -0.39 is 0 Å². The van der Waals surface area contributed by atoms with Crippen molar-refractivity contribution in [1.29, 1.82) is 0 Å². The summed E-state index contributed by atoms with van der Waals surface area (Å²) in [5.41, 5.74) is 2.29. The van der Waals surface area contributed by atoms with E-state index in [1.807, 2.05) is 42.7 Å². The van der Waals surface area contributed by atoms with E-state index in [1.54, 1.807) is 12.1 Å². The highest BCUT2D eigenvalue weighted by Crippen LogP contribution is 2.22. The summed E-state index contributed by atoms with van der Waals surface area (Å²) in [6.45, 7) is 5.00. The third-order valence-corrected chi connectivity index (χ3v) is 6.27. The Balaban J connectivity index is 1.52. The van der Waals surface area contributed by atoms with Gasteiger partial charge in [0.15, 0.2) is 5.16 Å². The first-order chi connectivity index (χ1) is 15.4. The lowest BCUT2D eigenvalue weighted by Crippen LogP contribution is -2.26. The van der Waals surface area contributed by atoms with Crippen LogP contribution >= 0.6 is 35.0 Å². The molecular formula is C22H23Cl2N5O2S. The summed E-state index contributed by atoms with van der Waals surface area (Å²) >= 11 is 13.2. The zero-order valence-corrected chi connectivity index (χ0v) is 20.0. The molecule has 0 aliphatic rings. The third-order valence-electron chi connectivity index (χ3n) is 4.56. The summed E-state index contributed by atoms with van der Waals surface area (Å²) in [6.07, 6.45) is 0.504. The fraction of sp³-hybridized carbons (Fsp3) is 0.273. The molecule has 2 aromatic carbocycles. The van der Waals surface area contributed by atoms with Crippen LogP contribution in [-0.2, 0) is 17.8 Å². The van der Waals surface area contributed by atoms with Crippen LogP contribution in [0.15, 0.2) is 47.6 Å². The topological polar surface area (TPSA) is 88.9 Å². The highest BCUT2D eigenvalue weighted by molar-refractivity contribution is 7.99. The number of hydrogen-bond donors (Lipinski definition) is 2. The Kier molecular flexibility index (Phi) is 8.55. The van der Waals surface area contributed by atoms with Crippen molar-refractivity contribution in [2.45, 2.75) is 32.0 Å². The van der Waals surface area contributed by atoms with Gasteiger partial charge >= 0.3 is 0 Å². The van der Waals surface area contributed by atoms with Crippen LogP contribution in [0.25, 0.3) is 0 Å². The van der Waals surface area contributed by atoms with Gasteiger partial charge in [-0.2, -0.15) is 0 Å². The molecule has 0 unspecified atom stereocenters. The van der Waals surface area contributed by atoms with E-state index in [2.05, 4.69) is 20.8 Å². The van der Waals surface area contributed by atoms with Crippen LogP contribution in [0.4, 0.5) is 5.69 Å². The van der Waals surface area contributed by atoms with Crippen molar-refractivity contribution < 1.29 is 9.59 Å². The molecule has 1 aromatic heterocycles. The number of nitrogens with zero attached hydrogens (tertiary/aromatic N) is 3. The zero-order valence-electron chi connectivity index (χ0n) is 17.7. The first kappa shape index (κ1) is 24.1. The van der Waals surface area contributed by atoms with Gasteiger partial charge in [-0.05, 0) is 49.7 Å². The minimum absolute atomic E-state index is 0.110. The summed E-state index contributed by atoms with van der Waals surface area (Å²) < 4.78 is 1.94. The molecule has 3 rings (SSSR count). The lowest BCUT2D eigenvalue weighted by molar-refractivity contribution is -0.113. The second-order valence-corrected chi connectivity index (χ2v) is 8.74. The second kappa shape index (κ2) is 11.4. The zero-order chi connectivity index (χ0) is 23.1. The summed E-state index contributed by atoms with van der Waals surface area (Å²) in [5, 5.41) is 15.6. The molecule has 0 fully saturated rings. The van der Waals surface area contributed by atoms with E-state index >= 15 is 0 Å². The number of halogens is 2. The molecule has 0 bridgehead atoms. The van der Waals surface area contributed by atoms with Gasteiger partial charge < -0.3 is 15.2 Å². The number of aromatic nitrogens is 3. The Morgan fingerprint density at radius 3 is 2.62 bits per heavy atom. The van der Waals surface area contributed by atoms with E-state index in [0.717, 1.165) is 17.1 Å². The molecule has 0 saturated carbocycles. The van der Waals surface area contributed by atoms with E-state index in [9.17, 15) is 9.59 Å². The maximum atomic E-state index is 12.3. The fourth-order valence-corrected chi connectivity index (χ4v) is 4.12. The van der Waals surface area contributed by atoms with Crippen LogP contribution in [0, 0.1) is 6.92 Å². The van der Waals surface area contributed by atoms with Gasteiger partial charge in [0.25, 0.3) is 5.91 Å². The maximum Gasteiger partial charge on any atom is 0.251 e. The molecule has 0 saturated heterocycles. The normalized spacial score (nSPS) is 10.8. The van der Waals surface area contributed by atoms with Crippen LogP contribution in [0.2, 0.25) is 10.0 Å². The van der Waals surface area contributed by atoms with Crippen molar-refractivity contribution in [1.82, 2.24) is 20.1 Å². The highest BCUT2D eigenvalue weighted by Gasteiger charge is 2.14. The monoisotopic (exact) mass is 491 g/mol. The lowest BCUT2D eigenvalue weighted by Gasteiger charge is -2.09. The highest BCUT2D eigenvalue weighted by atomic mass is 35.5. The summed E-state index contributed by atoms with van der Waals surface area (Å²) in [5.74, 6) is 0.610. The third kappa shape index (κ3) is 6.48. The lowest BCUT2D eigenvalue weighted by atomic mass is 10.2. The number of aryl methyl sites for hydroxylation is 1. The molecule has 0 aliphatic heterocycles. The van der Waals surface area contributed by atoms with Crippen molar-refractivity contribution in [3.05, 3.63) is 69.5 Å². The molecule has 2 amide bonds. The van der Waals surface area contributed by atoms with Crippen LogP contribution < -0.4 is 10.6 Å². The molecule has 32 heavy (non-hydrogen) atoms. The van der Waals surface area contributed by atoms with E-state index in [0.29, 0.717) is 40.3 Å². The Bertz CT molecular complexity index is 1120. The average molecular weight is 492 g/mol. The molecule has 0 spiro atoms. The average Bonchev–Trinajstić information content (AvgIpc) is 3.16. The molecule has 0 atom stereocenters. The maximum absolute atomic E-state index is 12.3. The van der Waals surface area contributed by atoms with Crippen molar-refractivity contribution >= 4 is 52.5 Å². The number of carbonyl (C=O) groups is 2.